The molecule has 0 spiro atoms. The number of nitrogens with one attached hydrogen (secondary N) is 1. The Morgan fingerprint density at radius 2 is 1.70 bits per heavy atom. The van der Waals surface area contributed by atoms with Crippen molar-refractivity contribution in [1.29, 1.82) is 0 Å². The lowest BCUT2D eigenvalue weighted by atomic mass is 9.79. The molecule has 1 N–H and O–H groups in total. The molecule has 1 aliphatic carbocycles. The Hall–Kier alpha value is -1.40. The maximum absolute atomic E-state index is 12.5. The molecule has 0 aromatic carbocycles. The first kappa shape index (κ1) is 21.9. The number of hydrogen-bond donors (Lipinski definition) is 1. The van der Waals surface area contributed by atoms with Crippen LogP contribution in [0.15, 0.2) is 12.7 Å². The SMILES string of the molecule is C=CCOC(C)C(=O)OC(C)C(=O)NCC1(N2CCCCC2)CCCCC1. The van der Waals surface area contributed by atoms with Crippen molar-refractivity contribution < 1.29 is 19.1 Å². The molecule has 1 amide bonds. The molecule has 0 bridgehead atoms. The van der Waals surface area contributed by atoms with E-state index in [4.69, 9.17) is 9.47 Å². The van der Waals surface area contributed by atoms with E-state index in [9.17, 15) is 9.59 Å². The summed E-state index contributed by atoms with van der Waals surface area (Å²) in [4.78, 5) is 27.1. The molecule has 27 heavy (non-hydrogen) atoms. The van der Waals surface area contributed by atoms with E-state index in [1.807, 2.05) is 0 Å². The van der Waals surface area contributed by atoms with Gasteiger partial charge in [0.15, 0.2) is 12.2 Å². The van der Waals surface area contributed by atoms with Crippen LogP contribution in [0.5, 0.6) is 0 Å². The van der Waals surface area contributed by atoms with Gasteiger partial charge in [0.1, 0.15) is 0 Å². The highest BCUT2D eigenvalue weighted by molar-refractivity contribution is 5.84. The second-order valence-corrected chi connectivity index (χ2v) is 7.89. The number of carbonyl (C=O) groups excluding carboxylic acids is 2. The number of likely N-dealkylation sites (tertiary alicyclic amines) is 1. The first-order chi connectivity index (χ1) is 13.0. The second-order valence-electron chi connectivity index (χ2n) is 7.89. The number of amides is 1. The Kier molecular flexibility index (Phi) is 8.77. The zero-order chi connectivity index (χ0) is 19.7. The number of ether oxygens (including phenoxy) is 2. The van der Waals surface area contributed by atoms with Gasteiger partial charge in [0, 0.05) is 12.1 Å². The molecule has 6 heteroatoms. The standard InChI is InChI=1S/C21H36N2O4/c1-4-15-26-18(3)20(25)27-17(2)19(24)22-16-21(11-7-5-8-12-21)23-13-9-6-10-14-23/h4,17-18H,1,5-16H2,2-3H3,(H,22,24). The monoisotopic (exact) mass is 380 g/mol. The highest BCUT2D eigenvalue weighted by Crippen LogP contribution is 2.35. The predicted octanol–water partition coefficient (Wildman–Crippen LogP) is 2.81. The highest BCUT2D eigenvalue weighted by atomic mass is 16.6. The van der Waals surface area contributed by atoms with Crippen LogP contribution in [0.2, 0.25) is 0 Å². The molecule has 2 aliphatic rings. The lowest BCUT2D eigenvalue weighted by Crippen LogP contribution is -2.58. The minimum absolute atomic E-state index is 0.0679. The summed E-state index contributed by atoms with van der Waals surface area (Å²) < 4.78 is 10.5. The van der Waals surface area contributed by atoms with Crippen LogP contribution in [0, 0.1) is 0 Å². The number of piperidine rings is 1. The van der Waals surface area contributed by atoms with Crippen LogP contribution in [-0.2, 0) is 19.1 Å². The minimum atomic E-state index is -0.825. The molecule has 2 rings (SSSR count). The van der Waals surface area contributed by atoms with Crippen LogP contribution < -0.4 is 5.32 Å². The Morgan fingerprint density at radius 3 is 2.33 bits per heavy atom. The van der Waals surface area contributed by atoms with Gasteiger partial charge in [-0.3, -0.25) is 9.69 Å². The maximum atomic E-state index is 12.5. The summed E-state index contributed by atoms with van der Waals surface area (Å²) in [5.41, 5.74) is 0.0679. The molecule has 0 radical (unpaired) electrons. The lowest BCUT2D eigenvalue weighted by Gasteiger charge is -2.48. The van der Waals surface area contributed by atoms with E-state index in [0.29, 0.717) is 6.54 Å². The predicted molar refractivity (Wildman–Crippen MR) is 105 cm³/mol. The topological polar surface area (TPSA) is 67.9 Å². The van der Waals surface area contributed by atoms with Crippen LogP contribution in [0.3, 0.4) is 0 Å². The van der Waals surface area contributed by atoms with E-state index in [1.54, 1.807) is 19.9 Å². The summed E-state index contributed by atoms with van der Waals surface area (Å²) in [5, 5.41) is 3.06. The van der Waals surface area contributed by atoms with E-state index in [0.717, 1.165) is 25.9 Å². The van der Waals surface area contributed by atoms with Crippen molar-refractivity contribution in [3.63, 3.8) is 0 Å². The Morgan fingerprint density at radius 1 is 1.07 bits per heavy atom. The summed E-state index contributed by atoms with van der Waals surface area (Å²) >= 11 is 0. The molecule has 1 aliphatic heterocycles. The van der Waals surface area contributed by atoms with Crippen molar-refractivity contribution in [2.24, 2.45) is 0 Å². The fourth-order valence-electron chi connectivity index (χ4n) is 4.18. The normalized spacial score (nSPS) is 22.4. The fraction of sp³-hybridized carbons (Fsp3) is 0.810. The van der Waals surface area contributed by atoms with Crippen LogP contribution in [-0.4, -0.2) is 60.8 Å². The lowest BCUT2D eigenvalue weighted by molar-refractivity contribution is -0.164. The van der Waals surface area contributed by atoms with Crippen molar-refractivity contribution in [3.05, 3.63) is 12.7 Å². The van der Waals surface area contributed by atoms with E-state index in [1.165, 1.54) is 38.5 Å². The van der Waals surface area contributed by atoms with Crippen LogP contribution >= 0.6 is 0 Å². The molecular weight excluding hydrogens is 344 g/mol. The Balaban J connectivity index is 1.87. The summed E-state index contributed by atoms with van der Waals surface area (Å²) in [6.07, 6.45) is 9.80. The Bertz CT molecular complexity index is 496. The summed E-state index contributed by atoms with van der Waals surface area (Å²) in [6.45, 7) is 9.93. The fourth-order valence-corrected chi connectivity index (χ4v) is 4.18. The van der Waals surface area contributed by atoms with Crippen molar-refractivity contribution in [3.8, 4) is 0 Å². The van der Waals surface area contributed by atoms with Gasteiger partial charge in [-0.1, -0.05) is 31.8 Å². The molecule has 1 saturated carbocycles. The summed E-state index contributed by atoms with van der Waals surface area (Å²) in [6, 6.07) is 0. The molecule has 0 aromatic rings. The third-order valence-electron chi connectivity index (χ3n) is 5.86. The van der Waals surface area contributed by atoms with Gasteiger partial charge in [0.25, 0.3) is 5.91 Å². The molecular formula is C21H36N2O4. The van der Waals surface area contributed by atoms with Gasteiger partial charge in [-0.2, -0.15) is 0 Å². The quantitative estimate of drug-likeness (QED) is 0.492. The molecule has 2 unspecified atom stereocenters. The van der Waals surface area contributed by atoms with E-state index < -0.39 is 18.2 Å². The van der Waals surface area contributed by atoms with Crippen molar-refractivity contribution >= 4 is 11.9 Å². The average Bonchev–Trinajstić information content (AvgIpc) is 2.71. The minimum Gasteiger partial charge on any atom is -0.451 e. The summed E-state index contributed by atoms with van der Waals surface area (Å²) in [5.74, 6) is -0.760. The third kappa shape index (κ3) is 6.32. The molecule has 6 nitrogen and oxygen atoms in total. The van der Waals surface area contributed by atoms with Gasteiger partial charge in [0.2, 0.25) is 0 Å². The zero-order valence-corrected chi connectivity index (χ0v) is 17.0. The number of rotatable bonds is 9. The largest absolute Gasteiger partial charge is 0.451 e. The number of nitrogens with zero attached hydrogens (tertiary/aromatic N) is 1. The summed E-state index contributed by atoms with van der Waals surface area (Å²) in [7, 11) is 0. The maximum Gasteiger partial charge on any atom is 0.335 e. The van der Waals surface area contributed by atoms with Crippen LogP contribution in [0.25, 0.3) is 0 Å². The second kappa shape index (κ2) is 10.8. The van der Waals surface area contributed by atoms with Crippen molar-refractivity contribution in [2.75, 3.05) is 26.2 Å². The van der Waals surface area contributed by atoms with E-state index >= 15 is 0 Å². The van der Waals surface area contributed by atoms with Crippen molar-refractivity contribution in [2.45, 2.75) is 83.0 Å². The first-order valence-electron chi connectivity index (χ1n) is 10.4. The van der Waals surface area contributed by atoms with Gasteiger partial charge < -0.3 is 14.8 Å². The van der Waals surface area contributed by atoms with Gasteiger partial charge in [-0.25, -0.2) is 4.79 Å². The number of esters is 1. The molecule has 1 heterocycles. The van der Waals surface area contributed by atoms with Crippen LogP contribution in [0.1, 0.15) is 65.2 Å². The van der Waals surface area contributed by atoms with E-state index in [-0.39, 0.29) is 18.1 Å². The molecule has 2 fully saturated rings. The molecule has 1 saturated heterocycles. The number of carbonyl (C=O) groups is 2. The molecule has 154 valence electrons. The first-order valence-corrected chi connectivity index (χ1v) is 10.4. The van der Waals surface area contributed by atoms with Crippen LogP contribution in [0.4, 0.5) is 0 Å². The van der Waals surface area contributed by atoms with Crippen molar-refractivity contribution in [1.82, 2.24) is 10.2 Å². The average molecular weight is 381 g/mol. The smallest absolute Gasteiger partial charge is 0.335 e. The zero-order valence-electron chi connectivity index (χ0n) is 17.0. The van der Waals surface area contributed by atoms with E-state index in [2.05, 4.69) is 16.8 Å². The molecule has 2 atom stereocenters. The molecule has 0 aromatic heterocycles. The van der Waals surface area contributed by atoms with Gasteiger partial charge >= 0.3 is 5.97 Å². The van der Waals surface area contributed by atoms with Gasteiger partial charge in [-0.15, -0.1) is 6.58 Å². The Labute approximate surface area is 163 Å². The van der Waals surface area contributed by atoms with Gasteiger partial charge in [-0.05, 0) is 52.6 Å². The highest BCUT2D eigenvalue weighted by Gasteiger charge is 2.39. The third-order valence-corrected chi connectivity index (χ3v) is 5.86. The number of hydrogen-bond acceptors (Lipinski definition) is 5. The van der Waals surface area contributed by atoms with Gasteiger partial charge in [0.05, 0.1) is 6.61 Å².